The summed E-state index contributed by atoms with van der Waals surface area (Å²) in [5, 5.41) is 9.25. The zero-order valence-electron chi connectivity index (χ0n) is 8.94. The average Bonchev–Trinajstić information content (AvgIpc) is 2.20. The summed E-state index contributed by atoms with van der Waals surface area (Å²) in [5.41, 5.74) is 1.93. The molecule has 0 spiro atoms. The van der Waals surface area contributed by atoms with Crippen molar-refractivity contribution in [3.8, 4) is 0 Å². The van der Waals surface area contributed by atoms with Crippen LogP contribution in [0.2, 0.25) is 5.02 Å². The zero-order valence-corrected chi connectivity index (χ0v) is 9.70. The molecule has 1 aromatic rings. The Balaban J connectivity index is 2.83. The van der Waals surface area contributed by atoms with Crippen LogP contribution in [0.4, 0.5) is 5.69 Å². The predicted octanol–water partition coefficient (Wildman–Crippen LogP) is 1.82. The van der Waals surface area contributed by atoms with Gasteiger partial charge in [-0.3, -0.25) is 4.99 Å². The van der Waals surface area contributed by atoms with Crippen LogP contribution in [0.5, 0.6) is 0 Å². The minimum absolute atomic E-state index is 0.0594. The van der Waals surface area contributed by atoms with E-state index < -0.39 is 0 Å². The molecule has 0 heterocycles. The molecule has 15 heavy (non-hydrogen) atoms. The fourth-order valence-corrected chi connectivity index (χ4v) is 1.34. The molecule has 0 bridgehead atoms. The summed E-state index contributed by atoms with van der Waals surface area (Å²) < 4.78 is 0. The van der Waals surface area contributed by atoms with Crippen molar-refractivity contribution in [2.75, 3.05) is 32.1 Å². The predicted molar refractivity (Wildman–Crippen MR) is 65.3 cm³/mol. The van der Waals surface area contributed by atoms with Gasteiger partial charge < -0.3 is 10.0 Å². The molecule has 3 nitrogen and oxygen atoms in total. The van der Waals surface area contributed by atoms with Crippen molar-refractivity contribution in [2.24, 2.45) is 4.99 Å². The minimum Gasteiger partial charge on any atom is -0.394 e. The summed E-state index contributed by atoms with van der Waals surface area (Å²) in [6.07, 6.45) is 1.68. The van der Waals surface area contributed by atoms with E-state index in [1.54, 1.807) is 6.21 Å². The largest absolute Gasteiger partial charge is 0.394 e. The standard InChI is InChI=1S/C11H15ClN2O/c1-14(2)10-4-3-9(11(12)7-10)8-13-5-6-15/h3-4,7-8,15H,5-6H2,1-2H3/b13-8+. The Morgan fingerprint density at radius 1 is 1.47 bits per heavy atom. The summed E-state index contributed by atoms with van der Waals surface area (Å²) >= 11 is 6.07. The Bertz CT molecular complexity index is 350. The first-order chi connectivity index (χ1) is 7.15. The molecular formula is C11H15ClN2O. The van der Waals surface area contributed by atoms with Crippen molar-refractivity contribution in [3.05, 3.63) is 28.8 Å². The lowest BCUT2D eigenvalue weighted by Gasteiger charge is -2.12. The average molecular weight is 227 g/mol. The van der Waals surface area contributed by atoms with E-state index >= 15 is 0 Å². The molecule has 0 fully saturated rings. The number of rotatable bonds is 4. The molecule has 0 aliphatic heterocycles. The van der Waals surface area contributed by atoms with Crippen LogP contribution in [0.25, 0.3) is 0 Å². The van der Waals surface area contributed by atoms with Gasteiger partial charge in [0.2, 0.25) is 0 Å². The molecule has 0 saturated heterocycles. The fourth-order valence-electron chi connectivity index (χ4n) is 1.12. The maximum Gasteiger partial charge on any atom is 0.0626 e. The van der Waals surface area contributed by atoms with Gasteiger partial charge >= 0.3 is 0 Å². The van der Waals surface area contributed by atoms with Gasteiger partial charge in [-0.1, -0.05) is 11.6 Å². The van der Waals surface area contributed by atoms with Crippen LogP contribution in [0.3, 0.4) is 0 Å². The molecule has 1 rings (SSSR count). The van der Waals surface area contributed by atoms with Crippen molar-refractivity contribution in [1.29, 1.82) is 0 Å². The van der Waals surface area contributed by atoms with Gasteiger partial charge in [-0.2, -0.15) is 0 Å². The molecule has 0 aliphatic carbocycles. The number of nitrogens with zero attached hydrogens (tertiary/aromatic N) is 2. The van der Waals surface area contributed by atoms with Crippen LogP contribution < -0.4 is 4.90 Å². The third-order valence-corrected chi connectivity index (χ3v) is 2.29. The molecule has 82 valence electrons. The lowest BCUT2D eigenvalue weighted by molar-refractivity contribution is 0.307. The summed E-state index contributed by atoms with van der Waals surface area (Å²) in [7, 11) is 3.93. The maximum absolute atomic E-state index is 8.58. The maximum atomic E-state index is 8.58. The SMILES string of the molecule is CN(C)c1ccc(/C=N/CCO)c(Cl)c1. The third-order valence-electron chi connectivity index (χ3n) is 1.96. The number of halogens is 1. The van der Waals surface area contributed by atoms with Gasteiger partial charge in [0, 0.05) is 31.6 Å². The lowest BCUT2D eigenvalue weighted by Crippen LogP contribution is -2.08. The highest BCUT2D eigenvalue weighted by Crippen LogP contribution is 2.21. The second-order valence-corrected chi connectivity index (χ2v) is 3.77. The molecular weight excluding hydrogens is 212 g/mol. The Morgan fingerprint density at radius 3 is 2.73 bits per heavy atom. The Morgan fingerprint density at radius 2 is 2.20 bits per heavy atom. The van der Waals surface area contributed by atoms with Crippen molar-refractivity contribution < 1.29 is 5.11 Å². The smallest absolute Gasteiger partial charge is 0.0626 e. The van der Waals surface area contributed by atoms with E-state index in [1.807, 2.05) is 37.2 Å². The second kappa shape index (κ2) is 5.73. The van der Waals surface area contributed by atoms with Gasteiger partial charge in [-0.25, -0.2) is 0 Å². The molecule has 0 amide bonds. The van der Waals surface area contributed by atoms with Crippen molar-refractivity contribution in [3.63, 3.8) is 0 Å². The van der Waals surface area contributed by atoms with Crippen LogP contribution in [-0.4, -0.2) is 38.6 Å². The number of aliphatic hydroxyl groups is 1. The molecule has 0 aliphatic rings. The lowest BCUT2D eigenvalue weighted by atomic mass is 10.2. The zero-order chi connectivity index (χ0) is 11.3. The quantitative estimate of drug-likeness (QED) is 0.795. The highest BCUT2D eigenvalue weighted by molar-refractivity contribution is 6.33. The molecule has 0 aromatic heterocycles. The number of aliphatic imine (C=N–C) groups is 1. The number of aliphatic hydroxyl groups excluding tert-OH is 1. The number of hydrogen-bond donors (Lipinski definition) is 1. The first-order valence-corrected chi connectivity index (χ1v) is 5.10. The Labute approximate surface area is 95.0 Å². The molecule has 0 unspecified atom stereocenters. The first kappa shape index (κ1) is 12.0. The van der Waals surface area contributed by atoms with Crippen LogP contribution in [0, 0.1) is 0 Å². The van der Waals surface area contributed by atoms with E-state index in [0.717, 1.165) is 11.3 Å². The summed E-state index contributed by atoms with van der Waals surface area (Å²) in [4.78, 5) is 6.01. The molecule has 0 saturated carbocycles. The Hall–Kier alpha value is -1.06. The molecule has 1 N–H and O–H groups in total. The summed E-state index contributed by atoms with van der Waals surface area (Å²) in [6.45, 7) is 0.468. The van der Waals surface area contributed by atoms with Crippen LogP contribution in [0.15, 0.2) is 23.2 Å². The van der Waals surface area contributed by atoms with Crippen molar-refractivity contribution in [2.45, 2.75) is 0 Å². The Kier molecular flexibility index (Phi) is 4.59. The van der Waals surface area contributed by atoms with Gasteiger partial charge in [0.05, 0.1) is 18.2 Å². The monoisotopic (exact) mass is 226 g/mol. The van der Waals surface area contributed by atoms with E-state index in [2.05, 4.69) is 4.99 Å². The normalized spacial score (nSPS) is 10.9. The van der Waals surface area contributed by atoms with Crippen LogP contribution >= 0.6 is 11.6 Å². The number of anilines is 1. The highest BCUT2D eigenvalue weighted by atomic mass is 35.5. The van der Waals surface area contributed by atoms with E-state index in [9.17, 15) is 0 Å². The third kappa shape index (κ3) is 3.53. The van der Waals surface area contributed by atoms with Gasteiger partial charge in [0.15, 0.2) is 0 Å². The van der Waals surface area contributed by atoms with Crippen LogP contribution in [0.1, 0.15) is 5.56 Å². The van der Waals surface area contributed by atoms with Gasteiger partial charge in [0.25, 0.3) is 0 Å². The molecule has 0 radical (unpaired) electrons. The summed E-state index contributed by atoms with van der Waals surface area (Å²) in [6, 6.07) is 5.78. The van der Waals surface area contributed by atoms with Crippen molar-refractivity contribution in [1.82, 2.24) is 0 Å². The van der Waals surface area contributed by atoms with Gasteiger partial charge in [-0.05, 0) is 18.2 Å². The van der Waals surface area contributed by atoms with E-state index in [-0.39, 0.29) is 6.61 Å². The summed E-state index contributed by atoms with van der Waals surface area (Å²) in [5.74, 6) is 0. The highest BCUT2D eigenvalue weighted by Gasteiger charge is 2.00. The topological polar surface area (TPSA) is 35.8 Å². The number of benzene rings is 1. The van der Waals surface area contributed by atoms with Gasteiger partial charge in [-0.15, -0.1) is 0 Å². The minimum atomic E-state index is 0.0594. The molecule has 4 heteroatoms. The van der Waals surface area contributed by atoms with Crippen LogP contribution in [-0.2, 0) is 0 Å². The van der Waals surface area contributed by atoms with E-state index in [1.165, 1.54) is 0 Å². The second-order valence-electron chi connectivity index (χ2n) is 3.36. The first-order valence-electron chi connectivity index (χ1n) is 4.72. The van der Waals surface area contributed by atoms with E-state index in [4.69, 9.17) is 16.7 Å². The molecule has 0 atom stereocenters. The fraction of sp³-hybridized carbons (Fsp3) is 0.364. The van der Waals surface area contributed by atoms with Gasteiger partial charge in [0.1, 0.15) is 0 Å². The number of hydrogen-bond acceptors (Lipinski definition) is 3. The van der Waals surface area contributed by atoms with Crippen molar-refractivity contribution >= 4 is 23.5 Å². The van der Waals surface area contributed by atoms with E-state index in [0.29, 0.717) is 11.6 Å². The molecule has 1 aromatic carbocycles.